The highest BCUT2D eigenvalue weighted by Crippen LogP contribution is 2.50. The molecule has 194 valence electrons. The Morgan fingerprint density at radius 3 is 2.83 bits per heavy atom. The van der Waals surface area contributed by atoms with Crippen LogP contribution in [0.2, 0.25) is 0 Å². The average Bonchev–Trinajstić information content (AvgIpc) is 3.56. The Kier molecular flexibility index (Phi) is 6.96. The van der Waals surface area contributed by atoms with Crippen molar-refractivity contribution in [2.45, 2.75) is 44.8 Å². The summed E-state index contributed by atoms with van der Waals surface area (Å²) < 4.78 is 23.5. The van der Waals surface area contributed by atoms with Gasteiger partial charge in [0.15, 0.2) is 6.67 Å². The summed E-state index contributed by atoms with van der Waals surface area (Å²) in [5, 5.41) is 18.1. The van der Waals surface area contributed by atoms with Gasteiger partial charge in [0.1, 0.15) is 41.7 Å². The predicted octanol–water partition coefficient (Wildman–Crippen LogP) is 0.889. The molecule has 9 nitrogen and oxygen atoms in total. The number of methoxy groups -OCH3 is 1. The van der Waals surface area contributed by atoms with Crippen LogP contribution in [0.3, 0.4) is 0 Å². The summed E-state index contributed by atoms with van der Waals surface area (Å²) in [7, 11) is 1.63. The summed E-state index contributed by atoms with van der Waals surface area (Å²) in [6, 6.07) is 1.82. The summed E-state index contributed by atoms with van der Waals surface area (Å²) in [6.45, 7) is 7.20. The highest BCUT2D eigenvalue weighted by Gasteiger charge is 2.46. The Hall–Kier alpha value is -3.01. The molecule has 4 N–H and O–H groups in total. The van der Waals surface area contributed by atoms with E-state index in [1.807, 2.05) is 19.2 Å². The quantitative estimate of drug-likeness (QED) is 0.411. The normalized spacial score (nSPS) is 25.7. The Morgan fingerprint density at radius 1 is 1.33 bits per heavy atom. The van der Waals surface area contributed by atoms with E-state index in [0.29, 0.717) is 30.2 Å². The van der Waals surface area contributed by atoms with Crippen LogP contribution in [0.15, 0.2) is 36.4 Å². The standard InChI is InChI=1S/C27H35N3O6/c1-4-34-26(31)22-13-17(7-11-30-12-10-29-16-30)24-21(35-22)15-20-19(25(24)33-3)14-23(36-20)27(2,32)18-5-8-28-9-6-18/h7,10,12-13,15,18,23,28-29,32H,4-6,8-9,11,14,16H2,1-3H3/p+1/b17-7+/t23-,27+/m0/s1. The van der Waals surface area contributed by atoms with Crippen molar-refractivity contribution in [1.29, 1.82) is 0 Å². The Labute approximate surface area is 211 Å². The second kappa shape index (κ2) is 10.2. The Morgan fingerprint density at radius 2 is 2.14 bits per heavy atom. The minimum absolute atomic E-state index is 0.124. The van der Waals surface area contributed by atoms with Crippen LogP contribution in [0.5, 0.6) is 17.2 Å². The van der Waals surface area contributed by atoms with Crippen molar-refractivity contribution in [1.82, 2.24) is 10.6 Å². The molecular formula is C27H36N3O6+. The molecule has 4 heterocycles. The number of quaternary nitrogens is 1. The molecule has 1 fully saturated rings. The van der Waals surface area contributed by atoms with E-state index < -0.39 is 17.7 Å². The number of fused-ring (bicyclic) bond motifs is 2. The van der Waals surface area contributed by atoms with Crippen molar-refractivity contribution in [3.05, 3.63) is 47.5 Å². The van der Waals surface area contributed by atoms with Crippen LogP contribution < -0.4 is 29.7 Å². The fraction of sp³-hybridized carbons (Fsp3) is 0.519. The number of carbonyl (C=O) groups is 1. The van der Waals surface area contributed by atoms with Crippen LogP contribution >= 0.6 is 0 Å². The largest absolute Gasteiger partial charge is 0.496 e. The van der Waals surface area contributed by atoms with E-state index >= 15 is 0 Å². The number of ether oxygens (including phenoxy) is 4. The number of hydrogen-bond donors (Lipinski definition) is 4. The van der Waals surface area contributed by atoms with Gasteiger partial charge in [-0.05, 0) is 63.4 Å². The zero-order valence-electron chi connectivity index (χ0n) is 21.2. The number of rotatable bonds is 7. The number of carbonyl (C=O) groups excluding carboxylic acids is 1. The second-order valence-corrected chi connectivity index (χ2v) is 9.89. The molecule has 1 unspecified atom stereocenters. The van der Waals surface area contributed by atoms with Gasteiger partial charge in [-0.15, -0.1) is 0 Å². The van der Waals surface area contributed by atoms with Gasteiger partial charge in [0.25, 0.3) is 0 Å². The van der Waals surface area contributed by atoms with Gasteiger partial charge in [-0.2, -0.15) is 0 Å². The summed E-state index contributed by atoms with van der Waals surface area (Å²) in [4.78, 5) is 13.8. The molecule has 36 heavy (non-hydrogen) atoms. The predicted molar refractivity (Wildman–Crippen MR) is 134 cm³/mol. The van der Waals surface area contributed by atoms with Crippen LogP contribution in [0.1, 0.15) is 37.8 Å². The van der Waals surface area contributed by atoms with Crippen LogP contribution in [0.4, 0.5) is 0 Å². The zero-order chi connectivity index (χ0) is 25.3. The van der Waals surface area contributed by atoms with Crippen LogP contribution in [-0.4, -0.2) is 62.8 Å². The maximum absolute atomic E-state index is 12.6. The first kappa shape index (κ1) is 24.7. The molecule has 4 aliphatic heterocycles. The van der Waals surface area contributed by atoms with Gasteiger partial charge in [0.2, 0.25) is 5.76 Å². The highest BCUT2D eigenvalue weighted by molar-refractivity contribution is 5.95. The van der Waals surface area contributed by atoms with Crippen molar-refractivity contribution in [3.8, 4) is 17.2 Å². The van der Waals surface area contributed by atoms with Gasteiger partial charge in [0, 0.05) is 18.1 Å². The van der Waals surface area contributed by atoms with E-state index in [9.17, 15) is 9.90 Å². The summed E-state index contributed by atoms with van der Waals surface area (Å²) in [6.07, 6.45) is 9.75. The topological polar surface area (TPSA) is 103 Å². The molecular weight excluding hydrogens is 462 g/mol. The van der Waals surface area contributed by atoms with Crippen molar-refractivity contribution >= 4 is 11.5 Å². The molecule has 0 amide bonds. The van der Waals surface area contributed by atoms with Gasteiger partial charge in [-0.25, -0.2) is 4.79 Å². The van der Waals surface area contributed by atoms with E-state index in [0.717, 1.165) is 49.3 Å². The highest BCUT2D eigenvalue weighted by atomic mass is 16.6. The Balaban J connectivity index is 1.50. The van der Waals surface area contributed by atoms with E-state index in [1.54, 1.807) is 20.1 Å². The molecule has 1 aromatic rings. The summed E-state index contributed by atoms with van der Waals surface area (Å²) >= 11 is 0. The first-order valence-electron chi connectivity index (χ1n) is 12.8. The van der Waals surface area contributed by atoms with Crippen LogP contribution in [0.25, 0.3) is 5.57 Å². The monoisotopic (exact) mass is 498 g/mol. The van der Waals surface area contributed by atoms with E-state index in [4.69, 9.17) is 18.9 Å². The van der Waals surface area contributed by atoms with Crippen molar-refractivity contribution in [2.24, 2.45) is 5.92 Å². The third kappa shape index (κ3) is 4.58. The molecule has 4 aliphatic rings. The van der Waals surface area contributed by atoms with Gasteiger partial charge < -0.3 is 34.7 Å². The van der Waals surface area contributed by atoms with Gasteiger partial charge in [-0.3, -0.25) is 4.90 Å². The lowest BCUT2D eigenvalue weighted by molar-refractivity contribution is -0.836. The van der Waals surface area contributed by atoms with Crippen molar-refractivity contribution in [2.75, 3.05) is 40.0 Å². The molecule has 3 atom stereocenters. The number of esters is 1. The minimum atomic E-state index is -0.987. The second-order valence-electron chi connectivity index (χ2n) is 9.89. The van der Waals surface area contributed by atoms with E-state index in [1.165, 1.54) is 4.90 Å². The lowest BCUT2D eigenvalue weighted by atomic mass is 9.77. The number of piperidine rings is 1. The first-order chi connectivity index (χ1) is 17.4. The third-order valence-electron chi connectivity index (χ3n) is 7.61. The maximum atomic E-state index is 12.6. The molecule has 0 bridgehead atoms. The molecule has 0 aliphatic carbocycles. The minimum Gasteiger partial charge on any atom is -0.496 e. The number of hydrogen-bond acceptors (Lipinski definition) is 8. The fourth-order valence-electron chi connectivity index (χ4n) is 5.54. The first-order valence-corrected chi connectivity index (χ1v) is 12.8. The number of nitrogens with one attached hydrogen (secondary N) is 3. The van der Waals surface area contributed by atoms with E-state index in [2.05, 4.69) is 22.9 Å². The van der Waals surface area contributed by atoms with Gasteiger partial charge in [0.05, 0.1) is 25.5 Å². The molecule has 0 radical (unpaired) electrons. The summed E-state index contributed by atoms with van der Waals surface area (Å²) in [5.41, 5.74) is 1.54. The number of aliphatic hydroxyl groups is 1. The lowest BCUT2D eigenvalue weighted by Crippen LogP contribution is -3.07. The number of benzene rings is 1. The number of allylic oxidation sites excluding steroid dienone is 2. The van der Waals surface area contributed by atoms with Crippen molar-refractivity contribution in [3.63, 3.8) is 0 Å². The SMILES string of the molecule is CCOC(=O)C1=C/C(=C\C[NH+]2C=CNC2)c2c(cc3c(c2OC)C[C@@H]([C@](C)(O)C2CCNCC2)O3)O1. The molecule has 0 aromatic heterocycles. The average molecular weight is 499 g/mol. The van der Waals surface area contributed by atoms with Crippen LogP contribution in [0, 0.1) is 5.92 Å². The molecule has 9 heteroatoms. The molecule has 0 spiro atoms. The maximum Gasteiger partial charge on any atom is 0.374 e. The summed E-state index contributed by atoms with van der Waals surface area (Å²) in [5.74, 6) is 1.51. The van der Waals surface area contributed by atoms with Crippen molar-refractivity contribution < 1.29 is 33.7 Å². The smallest absolute Gasteiger partial charge is 0.374 e. The third-order valence-corrected chi connectivity index (χ3v) is 7.61. The molecule has 1 saturated heterocycles. The van der Waals surface area contributed by atoms with Crippen LogP contribution in [-0.2, 0) is 16.0 Å². The lowest BCUT2D eigenvalue weighted by Gasteiger charge is -2.39. The zero-order valence-corrected chi connectivity index (χ0v) is 21.2. The van der Waals surface area contributed by atoms with E-state index in [-0.39, 0.29) is 18.3 Å². The van der Waals surface area contributed by atoms with Gasteiger partial charge in [-0.1, -0.05) is 0 Å². The molecule has 1 aromatic carbocycles. The molecule has 0 saturated carbocycles. The fourth-order valence-corrected chi connectivity index (χ4v) is 5.54. The van der Waals surface area contributed by atoms with Gasteiger partial charge >= 0.3 is 5.97 Å². The Bertz CT molecular complexity index is 1100. The molecule has 5 rings (SSSR count).